The molecule has 0 saturated carbocycles. The standard InChI is InChI=1S/C17H21FN2OS.C2HF3O2/c1-13-19-14(12-22-13)6-9-20-10-7-15(8-11-20)21-17-5-3-2-4-16(17)18;3-2(4,5)1(6)7/h2-5,12,15H,6-11H2,1H3;(H,6,7). The molecule has 10 heteroatoms. The summed E-state index contributed by atoms with van der Waals surface area (Å²) < 4.78 is 51.1. The molecule has 3 rings (SSSR count). The Kier molecular flexibility index (Phi) is 8.39. The first-order valence-electron chi connectivity index (χ1n) is 9.00. The first kappa shape index (κ1) is 23.1. The van der Waals surface area contributed by atoms with Crippen molar-refractivity contribution in [2.24, 2.45) is 0 Å². The minimum Gasteiger partial charge on any atom is -0.487 e. The van der Waals surface area contributed by atoms with Crippen molar-refractivity contribution in [3.05, 3.63) is 46.2 Å². The van der Waals surface area contributed by atoms with E-state index < -0.39 is 12.1 Å². The number of carboxylic acid groups (broad SMARTS) is 1. The topological polar surface area (TPSA) is 62.7 Å². The summed E-state index contributed by atoms with van der Waals surface area (Å²) in [7, 11) is 0. The Balaban J connectivity index is 0.000000370. The monoisotopic (exact) mass is 434 g/mol. The zero-order chi connectivity index (χ0) is 21.4. The fourth-order valence-corrected chi connectivity index (χ4v) is 3.41. The second-order valence-corrected chi connectivity index (χ2v) is 7.56. The van der Waals surface area contributed by atoms with Gasteiger partial charge in [-0.15, -0.1) is 11.3 Å². The highest BCUT2D eigenvalue weighted by Gasteiger charge is 2.38. The highest BCUT2D eigenvalue weighted by atomic mass is 32.1. The molecule has 0 atom stereocenters. The van der Waals surface area contributed by atoms with Crippen LogP contribution in [0.4, 0.5) is 17.6 Å². The smallest absolute Gasteiger partial charge is 0.487 e. The fourth-order valence-electron chi connectivity index (χ4n) is 2.77. The average molecular weight is 434 g/mol. The molecule has 1 saturated heterocycles. The molecular weight excluding hydrogens is 412 g/mol. The van der Waals surface area contributed by atoms with Gasteiger partial charge in [-0.1, -0.05) is 12.1 Å². The van der Waals surface area contributed by atoms with Gasteiger partial charge >= 0.3 is 12.1 Å². The molecular formula is C19H22F4N2O3S. The Labute approximate surface area is 169 Å². The Bertz CT molecular complexity index is 790. The van der Waals surface area contributed by atoms with Crippen molar-refractivity contribution < 1.29 is 32.2 Å². The van der Waals surface area contributed by atoms with Crippen LogP contribution in [-0.2, 0) is 11.2 Å². The van der Waals surface area contributed by atoms with Gasteiger partial charge in [0.15, 0.2) is 11.6 Å². The van der Waals surface area contributed by atoms with Gasteiger partial charge in [0.1, 0.15) is 6.10 Å². The molecule has 0 aliphatic carbocycles. The quantitative estimate of drug-likeness (QED) is 0.711. The lowest BCUT2D eigenvalue weighted by Crippen LogP contribution is -2.39. The van der Waals surface area contributed by atoms with Crippen LogP contribution >= 0.6 is 11.3 Å². The number of piperidine rings is 1. The SMILES string of the molecule is Cc1nc(CCN2CCC(Oc3ccccc3F)CC2)cs1.O=C(O)C(F)(F)F. The van der Waals surface area contributed by atoms with E-state index in [0.29, 0.717) is 5.75 Å². The number of aromatic nitrogens is 1. The van der Waals surface area contributed by atoms with E-state index in [1.54, 1.807) is 23.5 Å². The van der Waals surface area contributed by atoms with E-state index in [-0.39, 0.29) is 11.9 Å². The molecule has 1 aliphatic heterocycles. The lowest BCUT2D eigenvalue weighted by atomic mass is 10.1. The molecule has 1 aromatic heterocycles. The van der Waals surface area contributed by atoms with Crippen molar-refractivity contribution in [2.75, 3.05) is 19.6 Å². The number of carbonyl (C=O) groups is 1. The number of rotatable bonds is 5. The maximum absolute atomic E-state index is 13.6. The van der Waals surface area contributed by atoms with Crippen molar-refractivity contribution in [3.63, 3.8) is 0 Å². The number of aliphatic carboxylic acids is 1. The van der Waals surface area contributed by atoms with Gasteiger partial charge in [0.25, 0.3) is 0 Å². The number of hydrogen-bond donors (Lipinski definition) is 1. The number of nitrogens with zero attached hydrogens (tertiary/aromatic N) is 2. The van der Waals surface area contributed by atoms with Crippen LogP contribution in [0.2, 0.25) is 0 Å². The Morgan fingerprint density at radius 3 is 2.45 bits per heavy atom. The number of hydrogen-bond acceptors (Lipinski definition) is 5. The number of para-hydroxylation sites is 1. The van der Waals surface area contributed by atoms with Gasteiger partial charge in [0.2, 0.25) is 0 Å². The van der Waals surface area contributed by atoms with E-state index in [9.17, 15) is 17.6 Å². The van der Waals surface area contributed by atoms with Gasteiger partial charge < -0.3 is 14.7 Å². The van der Waals surface area contributed by atoms with E-state index in [0.717, 1.165) is 43.9 Å². The number of likely N-dealkylation sites (tertiary alicyclic amines) is 1. The molecule has 1 N–H and O–H groups in total. The number of halogens is 4. The van der Waals surface area contributed by atoms with Gasteiger partial charge in [-0.25, -0.2) is 14.2 Å². The van der Waals surface area contributed by atoms with Crippen LogP contribution in [0, 0.1) is 12.7 Å². The van der Waals surface area contributed by atoms with Crippen molar-refractivity contribution in [1.82, 2.24) is 9.88 Å². The van der Waals surface area contributed by atoms with Crippen LogP contribution in [0.1, 0.15) is 23.5 Å². The normalized spacial score (nSPS) is 15.5. The number of alkyl halides is 3. The van der Waals surface area contributed by atoms with Crippen molar-refractivity contribution in [1.29, 1.82) is 0 Å². The van der Waals surface area contributed by atoms with E-state index in [1.165, 1.54) is 11.8 Å². The van der Waals surface area contributed by atoms with E-state index >= 15 is 0 Å². The molecule has 5 nitrogen and oxygen atoms in total. The Morgan fingerprint density at radius 2 is 1.93 bits per heavy atom. The summed E-state index contributed by atoms with van der Waals surface area (Å²) in [5, 5.41) is 10.4. The number of ether oxygens (including phenoxy) is 1. The zero-order valence-corrected chi connectivity index (χ0v) is 16.6. The van der Waals surface area contributed by atoms with Gasteiger partial charge in [0.05, 0.1) is 10.7 Å². The lowest BCUT2D eigenvalue weighted by Gasteiger charge is -2.32. The summed E-state index contributed by atoms with van der Waals surface area (Å²) in [5.41, 5.74) is 1.19. The first-order chi connectivity index (χ1) is 13.6. The van der Waals surface area contributed by atoms with Crippen LogP contribution < -0.4 is 4.74 Å². The summed E-state index contributed by atoms with van der Waals surface area (Å²) in [5.74, 6) is -2.66. The summed E-state index contributed by atoms with van der Waals surface area (Å²) in [6, 6.07) is 6.64. The van der Waals surface area contributed by atoms with Crippen LogP contribution in [-0.4, -0.2) is 52.9 Å². The molecule has 0 amide bonds. The molecule has 2 heterocycles. The first-order valence-corrected chi connectivity index (χ1v) is 9.87. The second-order valence-electron chi connectivity index (χ2n) is 6.50. The molecule has 160 valence electrons. The minimum atomic E-state index is -5.08. The number of benzene rings is 1. The second kappa shape index (κ2) is 10.5. The van der Waals surface area contributed by atoms with E-state index in [4.69, 9.17) is 14.6 Å². The lowest BCUT2D eigenvalue weighted by molar-refractivity contribution is -0.192. The third-order valence-corrected chi connectivity index (χ3v) is 5.08. The molecule has 1 fully saturated rings. The summed E-state index contributed by atoms with van der Waals surface area (Å²) in [4.78, 5) is 15.8. The summed E-state index contributed by atoms with van der Waals surface area (Å²) in [6.07, 6.45) is -2.06. The van der Waals surface area contributed by atoms with Gasteiger partial charge in [-0.2, -0.15) is 13.2 Å². The predicted molar refractivity (Wildman–Crippen MR) is 101 cm³/mol. The minimum absolute atomic E-state index is 0.120. The largest absolute Gasteiger partial charge is 0.490 e. The fraction of sp³-hybridized carbons (Fsp3) is 0.474. The molecule has 0 unspecified atom stereocenters. The van der Waals surface area contributed by atoms with Gasteiger partial charge in [0, 0.05) is 31.4 Å². The Morgan fingerprint density at radius 1 is 1.31 bits per heavy atom. The predicted octanol–water partition coefficient (Wildman–Crippen LogP) is 4.31. The zero-order valence-electron chi connectivity index (χ0n) is 15.8. The van der Waals surface area contributed by atoms with Gasteiger partial charge in [-0.3, -0.25) is 0 Å². The highest BCUT2D eigenvalue weighted by molar-refractivity contribution is 7.09. The summed E-state index contributed by atoms with van der Waals surface area (Å²) in [6.45, 7) is 5.08. The molecule has 29 heavy (non-hydrogen) atoms. The number of thiazole rings is 1. The summed E-state index contributed by atoms with van der Waals surface area (Å²) >= 11 is 1.71. The molecule has 0 bridgehead atoms. The number of aryl methyl sites for hydroxylation is 1. The van der Waals surface area contributed by atoms with E-state index in [1.807, 2.05) is 13.0 Å². The number of carboxylic acids is 1. The van der Waals surface area contributed by atoms with Crippen molar-refractivity contribution in [2.45, 2.75) is 38.5 Å². The maximum atomic E-state index is 13.6. The van der Waals surface area contributed by atoms with Crippen LogP contribution in [0.15, 0.2) is 29.6 Å². The van der Waals surface area contributed by atoms with Crippen LogP contribution in [0.5, 0.6) is 5.75 Å². The van der Waals surface area contributed by atoms with E-state index in [2.05, 4.69) is 15.3 Å². The van der Waals surface area contributed by atoms with Crippen molar-refractivity contribution in [3.8, 4) is 5.75 Å². The van der Waals surface area contributed by atoms with Crippen molar-refractivity contribution >= 4 is 17.3 Å². The van der Waals surface area contributed by atoms with Gasteiger partial charge in [-0.05, 0) is 31.9 Å². The van der Waals surface area contributed by atoms with Crippen LogP contribution in [0.25, 0.3) is 0 Å². The maximum Gasteiger partial charge on any atom is 0.490 e. The molecule has 1 aliphatic rings. The highest BCUT2D eigenvalue weighted by Crippen LogP contribution is 2.22. The molecule has 0 spiro atoms. The molecule has 1 aromatic carbocycles. The third-order valence-electron chi connectivity index (χ3n) is 4.26. The van der Waals surface area contributed by atoms with Crippen LogP contribution in [0.3, 0.4) is 0 Å². The average Bonchev–Trinajstić information content (AvgIpc) is 3.08. The Hall–Kier alpha value is -2.20. The molecule has 2 aromatic rings. The third kappa shape index (κ3) is 7.98. The molecule has 0 radical (unpaired) electrons.